The highest BCUT2D eigenvalue weighted by Crippen LogP contribution is 2.26. The van der Waals surface area contributed by atoms with Crippen molar-refractivity contribution in [3.05, 3.63) is 35.8 Å². The molecule has 0 saturated carbocycles. The minimum absolute atomic E-state index is 0.237. The molecule has 144 valence electrons. The number of carbonyl (C=O) groups excluding carboxylic acids is 1. The SMILES string of the molecule is Cn1nc(C2CCCOC2)cc1NC(=O)c1cc(N2CCOCC2)ccn1. The number of nitrogens with zero attached hydrogens (tertiary/aromatic N) is 4. The predicted molar refractivity (Wildman–Crippen MR) is 101 cm³/mol. The molecule has 4 rings (SSSR count). The summed E-state index contributed by atoms with van der Waals surface area (Å²) in [4.78, 5) is 19.1. The van der Waals surface area contributed by atoms with Gasteiger partial charge in [0.25, 0.3) is 5.91 Å². The number of hydrogen-bond donors (Lipinski definition) is 1. The van der Waals surface area contributed by atoms with Crippen molar-refractivity contribution >= 4 is 17.4 Å². The van der Waals surface area contributed by atoms with E-state index in [9.17, 15) is 4.79 Å². The zero-order valence-electron chi connectivity index (χ0n) is 15.6. The van der Waals surface area contributed by atoms with Gasteiger partial charge in [-0.05, 0) is 25.0 Å². The summed E-state index contributed by atoms with van der Waals surface area (Å²) < 4.78 is 12.6. The Morgan fingerprint density at radius 1 is 1.22 bits per heavy atom. The normalized spacial score (nSPS) is 20.5. The second-order valence-corrected chi connectivity index (χ2v) is 6.94. The molecule has 2 fully saturated rings. The van der Waals surface area contributed by atoms with E-state index < -0.39 is 0 Å². The van der Waals surface area contributed by atoms with Gasteiger partial charge in [-0.15, -0.1) is 0 Å². The molecule has 27 heavy (non-hydrogen) atoms. The molecule has 2 saturated heterocycles. The summed E-state index contributed by atoms with van der Waals surface area (Å²) in [5.74, 6) is 0.720. The lowest BCUT2D eigenvalue weighted by Crippen LogP contribution is -2.36. The van der Waals surface area contributed by atoms with Gasteiger partial charge >= 0.3 is 0 Å². The number of ether oxygens (including phenoxy) is 2. The topological polar surface area (TPSA) is 81.5 Å². The highest BCUT2D eigenvalue weighted by Gasteiger charge is 2.21. The molecule has 1 atom stereocenters. The molecule has 0 spiro atoms. The molecule has 2 aromatic heterocycles. The average molecular weight is 371 g/mol. The molecular formula is C19H25N5O3. The van der Waals surface area contributed by atoms with E-state index in [-0.39, 0.29) is 5.91 Å². The number of carbonyl (C=O) groups is 1. The van der Waals surface area contributed by atoms with Crippen molar-refractivity contribution < 1.29 is 14.3 Å². The third kappa shape index (κ3) is 4.12. The van der Waals surface area contributed by atoms with E-state index in [1.807, 2.05) is 25.2 Å². The smallest absolute Gasteiger partial charge is 0.275 e. The van der Waals surface area contributed by atoms with E-state index >= 15 is 0 Å². The van der Waals surface area contributed by atoms with Gasteiger partial charge in [-0.2, -0.15) is 5.10 Å². The first-order chi connectivity index (χ1) is 13.2. The van der Waals surface area contributed by atoms with Crippen molar-refractivity contribution in [2.45, 2.75) is 18.8 Å². The summed E-state index contributed by atoms with van der Waals surface area (Å²) in [5, 5.41) is 7.48. The standard InChI is InChI=1S/C19H25N5O3/c1-23-18(12-16(22-23)14-3-2-8-27-13-14)21-19(25)17-11-15(4-5-20-17)24-6-9-26-10-7-24/h4-5,11-12,14H,2-3,6-10,13H2,1H3,(H,21,25). The van der Waals surface area contributed by atoms with Gasteiger partial charge in [0.15, 0.2) is 0 Å². The molecule has 1 amide bonds. The van der Waals surface area contributed by atoms with Crippen LogP contribution in [0.2, 0.25) is 0 Å². The number of amides is 1. The number of morpholine rings is 1. The Balaban J connectivity index is 1.46. The third-order valence-corrected chi connectivity index (χ3v) is 5.07. The zero-order chi connectivity index (χ0) is 18.6. The van der Waals surface area contributed by atoms with Crippen molar-refractivity contribution in [1.29, 1.82) is 0 Å². The number of nitrogens with one attached hydrogen (secondary N) is 1. The van der Waals surface area contributed by atoms with Crippen LogP contribution < -0.4 is 10.2 Å². The fraction of sp³-hybridized carbons (Fsp3) is 0.526. The lowest BCUT2D eigenvalue weighted by molar-refractivity contribution is 0.0791. The largest absolute Gasteiger partial charge is 0.381 e. The van der Waals surface area contributed by atoms with E-state index in [4.69, 9.17) is 9.47 Å². The first-order valence-electron chi connectivity index (χ1n) is 9.42. The number of rotatable bonds is 4. The highest BCUT2D eigenvalue weighted by molar-refractivity contribution is 6.02. The van der Waals surface area contributed by atoms with E-state index in [0.717, 1.165) is 43.9 Å². The van der Waals surface area contributed by atoms with Crippen LogP contribution in [0, 0.1) is 0 Å². The van der Waals surface area contributed by atoms with Crippen LogP contribution in [-0.4, -0.2) is 60.2 Å². The average Bonchev–Trinajstić information content (AvgIpc) is 3.10. The van der Waals surface area contributed by atoms with Crippen molar-refractivity contribution in [3.63, 3.8) is 0 Å². The fourth-order valence-corrected chi connectivity index (χ4v) is 3.52. The van der Waals surface area contributed by atoms with Gasteiger partial charge in [0.2, 0.25) is 0 Å². The van der Waals surface area contributed by atoms with Crippen molar-refractivity contribution in [2.75, 3.05) is 49.7 Å². The van der Waals surface area contributed by atoms with Gasteiger partial charge in [-0.3, -0.25) is 14.5 Å². The summed E-state index contributed by atoms with van der Waals surface area (Å²) in [6.07, 6.45) is 3.78. The number of anilines is 2. The molecule has 0 radical (unpaired) electrons. The van der Waals surface area contributed by atoms with Crippen LogP contribution in [0.1, 0.15) is 34.9 Å². The Kier molecular flexibility index (Phi) is 5.35. The molecule has 2 aromatic rings. The van der Waals surface area contributed by atoms with Crippen LogP contribution >= 0.6 is 0 Å². The fourth-order valence-electron chi connectivity index (χ4n) is 3.52. The monoisotopic (exact) mass is 371 g/mol. The Hall–Kier alpha value is -2.45. The van der Waals surface area contributed by atoms with Crippen LogP contribution in [0.15, 0.2) is 24.4 Å². The second kappa shape index (κ2) is 8.06. The zero-order valence-corrected chi connectivity index (χ0v) is 15.6. The first kappa shape index (κ1) is 17.9. The van der Waals surface area contributed by atoms with Crippen LogP contribution in [0.4, 0.5) is 11.5 Å². The van der Waals surface area contributed by atoms with E-state index in [1.54, 1.807) is 10.9 Å². The van der Waals surface area contributed by atoms with Crippen molar-refractivity contribution in [3.8, 4) is 0 Å². The van der Waals surface area contributed by atoms with Crippen LogP contribution in [0.5, 0.6) is 0 Å². The Morgan fingerprint density at radius 3 is 2.85 bits per heavy atom. The molecule has 2 aliphatic rings. The van der Waals surface area contributed by atoms with E-state index in [0.29, 0.717) is 37.3 Å². The summed E-state index contributed by atoms with van der Waals surface area (Å²) in [7, 11) is 1.83. The maximum absolute atomic E-state index is 12.7. The van der Waals surface area contributed by atoms with Crippen LogP contribution in [-0.2, 0) is 16.5 Å². The Labute approximate surface area is 158 Å². The van der Waals surface area contributed by atoms with Crippen molar-refractivity contribution in [1.82, 2.24) is 14.8 Å². The maximum Gasteiger partial charge on any atom is 0.275 e. The van der Waals surface area contributed by atoms with Crippen LogP contribution in [0.3, 0.4) is 0 Å². The quantitative estimate of drug-likeness (QED) is 0.883. The summed E-state index contributed by atoms with van der Waals surface area (Å²) >= 11 is 0. The summed E-state index contributed by atoms with van der Waals surface area (Å²) in [5.41, 5.74) is 2.34. The molecule has 0 aliphatic carbocycles. The van der Waals surface area contributed by atoms with Crippen molar-refractivity contribution in [2.24, 2.45) is 7.05 Å². The minimum Gasteiger partial charge on any atom is -0.381 e. The number of hydrogen-bond acceptors (Lipinski definition) is 6. The lowest BCUT2D eigenvalue weighted by Gasteiger charge is -2.28. The van der Waals surface area contributed by atoms with Crippen LogP contribution in [0.25, 0.3) is 0 Å². The molecule has 4 heterocycles. The van der Waals surface area contributed by atoms with Gasteiger partial charge in [0.1, 0.15) is 11.5 Å². The third-order valence-electron chi connectivity index (χ3n) is 5.07. The molecular weight excluding hydrogens is 346 g/mol. The molecule has 0 aromatic carbocycles. The van der Waals surface area contributed by atoms with Gasteiger partial charge in [0.05, 0.1) is 25.5 Å². The predicted octanol–water partition coefficient (Wildman–Crippen LogP) is 1.80. The highest BCUT2D eigenvalue weighted by atomic mass is 16.5. The van der Waals surface area contributed by atoms with Gasteiger partial charge in [-0.25, -0.2) is 0 Å². The van der Waals surface area contributed by atoms with Gasteiger partial charge < -0.3 is 19.7 Å². The lowest BCUT2D eigenvalue weighted by atomic mass is 9.99. The number of pyridine rings is 1. The van der Waals surface area contributed by atoms with Gasteiger partial charge in [-0.1, -0.05) is 0 Å². The summed E-state index contributed by atoms with van der Waals surface area (Å²) in [6, 6.07) is 5.68. The van der Waals surface area contributed by atoms with Gasteiger partial charge in [0, 0.05) is 50.6 Å². The molecule has 2 aliphatic heterocycles. The number of aromatic nitrogens is 3. The van der Waals surface area contributed by atoms with E-state index in [1.165, 1.54) is 0 Å². The molecule has 1 unspecified atom stereocenters. The first-order valence-corrected chi connectivity index (χ1v) is 9.42. The number of aryl methyl sites for hydroxylation is 1. The molecule has 8 heteroatoms. The maximum atomic E-state index is 12.7. The van der Waals surface area contributed by atoms with E-state index in [2.05, 4.69) is 20.3 Å². The Morgan fingerprint density at radius 2 is 2.07 bits per heavy atom. The minimum atomic E-state index is -0.237. The second-order valence-electron chi connectivity index (χ2n) is 6.94. The molecule has 1 N–H and O–H groups in total. The summed E-state index contributed by atoms with van der Waals surface area (Å²) in [6.45, 7) is 4.55. The Bertz CT molecular complexity index is 794. The molecule has 0 bridgehead atoms. The molecule has 8 nitrogen and oxygen atoms in total.